The molecule has 2 nitrogen and oxygen atoms in total. The van der Waals surface area contributed by atoms with E-state index in [4.69, 9.17) is 6.57 Å². The molecule has 0 saturated carbocycles. The number of hydrogen-bond donors (Lipinski definition) is 0. The zero-order chi connectivity index (χ0) is 10.1. The van der Waals surface area contributed by atoms with Crippen LogP contribution in [0.3, 0.4) is 0 Å². The second kappa shape index (κ2) is 3.13. The van der Waals surface area contributed by atoms with Crippen LogP contribution < -0.4 is 0 Å². The molecule has 1 aromatic rings. The normalized spacial score (nSPS) is 13.8. The molecule has 0 bridgehead atoms. The Morgan fingerprint density at radius 1 is 1.46 bits per heavy atom. The molecule has 5 heteroatoms. The van der Waals surface area contributed by atoms with Crippen LogP contribution in [0.5, 0.6) is 0 Å². The minimum Gasteiger partial charge on any atom is -0.448 e. The average molecular weight is 189 g/mol. The third-order valence-electron chi connectivity index (χ3n) is 1.51. The van der Waals surface area contributed by atoms with Gasteiger partial charge >= 0.3 is 6.18 Å². The van der Waals surface area contributed by atoms with Crippen LogP contribution in [0, 0.1) is 6.57 Å². The van der Waals surface area contributed by atoms with Crippen LogP contribution in [0.2, 0.25) is 0 Å². The van der Waals surface area contributed by atoms with Gasteiger partial charge < -0.3 is 9.26 Å². The van der Waals surface area contributed by atoms with Crippen molar-refractivity contribution in [2.45, 2.75) is 19.1 Å². The van der Waals surface area contributed by atoms with Crippen molar-refractivity contribution >= 4 is 0 Å². The lowest BCUT2D eigenvalue weighted by Gasteiger charge is -2.00. The Kier molecular flexibility index (Phi) is 2.32. The van der Waals surface area contributed by atoms with E-state index in [0.29, 0.717) is 0 Å². The van der Waals surface area contributed by atoms with E-state index in [1.54, 1.807) is 0 Å². The molecule has 0 N–H and O–H groups in total. The molecule has 1 aromatic heterocycles. The summed E-state index contributed by atoms with van der Waals surface area (Å²) in [5.41, 5.74) is 0. The molecule has 1 atom stereocenters. The third-order valence-corrected chi connectivity index (χ3v) is 1.51. The van der Waals surface area contributed by atoms with Gasteiger partial charge in [-0.1, -0.05) is 0 Å². The first-order valence-corrected chi connectivity index (χ1v) is 3.48. The first-order chi connectivity index (χ1) is 5.95. The van der Waals surface area contributed by atoms with Gasteiger partial charge in [0.05, 0.1) is 0 Å². The van der Waals surface area contributed by atoms with Crippen molar-refractivity contribution in [3.8, 4) is 0 Å². The van der Waals surface area contributed by atoms with Gasteiger partial charge in [0.2, 0.25) is 5.76 Å². The van der Waals surface area contributed by atoms with Crippen LogP contribution in [-0.4, -0.2) is 0 Å². The number of alkyl halides is 3. The molecule has 0 spiro atoms. The van der Waals surface area contributed by atoms with E-state index in [2.05, 4.69) is 9.26 Å². The van der Waals surface area contributed by atoms with Crippen LogP contribution in [0.25, 0.3) is 4.85 Å². The fourth-order valence-electron chi connectivity index (χ4n) is 0.793. The molecular weight excluding hydrogens is 183 g/mol. The Balaban J connectivity index is 2.95. The molecule has 0 radical (unpaired) electrons. The molecule has 13 heavy (non-hydrogen) atoms. The number of hydrogen-bond acceptors (Lipinski definition) is 1. The Labute approximate surface area is 72.8 Å². The van der Waals surface area contributed by atoms with Crippen LogP contribution in [-0.2, 0) is 6.18 Å². The summed E-state index contributed by atoms with van der Waals surface area (Å²) in [6, 6.07) is 1.33. The molecule has 1 unspecified atom stereocenters. The zero-order valence-electron chi connectivity index (χ0n) is 6.72. The average Bonchev–Trinajstić information content (AvgIpc) is 2.50. The second-order valence-corrected chi connectivity index (χ2v) is 2.50. The molecule has 70 valence electrons. The molecule has 0 aromatic carbocycles. The van der Waals surface area contributed by atoms with Gasteiger partial charge in [-0.25, -0.2) is 6.57 Å². The van der Waals surface area contributed by atoms with Gasteiger partial charge in [-0.05, 0) is 12.1 Å². The third kappa shape index (κ3) is 2.02. The highest BCUT2D eigenvalue weighted by atomic mass is 19.4. The van der Waals surface area contributed by atoms with E-state index in [1.807, 2.05) is 0 Å². The Hall–Kier alpha value is -1.44. The first-order valence-electron chi connectivity index (χ1n) is 3.48. The number of rotatable bonds is 1. The van der Waals surface area contributed by atoms with Crippen molar-refractivity contribution in [3.63, 3.8) is 0 Å². The Morgan fingerprint density at radius 2 is 2.08 bits per heavy atom. The molecule has 0 fully saturated rings. The topological polar surface area (TPSA) is 17.5 Å². The van der Waals surface area contributed by atoms with Gasteiger partial charge in [0.25, 0.3) is 6.04 Å². The molecule has 0 aliphatic rings. The van der Waals surface area contributed by atoms with Gasteiger partial charge in [-0.3, -0.25) is 0 Å². The van der Waals surface area contributed by atoms with Crippen LogP contribution in [0.4, 0.5) is 13.2 Å². The van der Waals surface area contributed by atoms with E-state index in [-0.39, 0.29) is 5.76 Å². The first kappa shape index (κ1) is 9.65. The lowest BCUT2D eigenvalue weighted by Crippen LogP contribution is -2.02. The summed E-state index contributed by atoms with van der Waals surface area (Å²) in [5, 5.41) is 0. The summed E-state index contributed by atoms with van der Waals surface area (Å²) < 4.78 is 40.5. The fraction of sp³-hybridized carbons (Fsp3) is 0.375. The van der Waals surface area contributed by atoms with Crippen LogP contribution >= 0.6 is 0 Å². The molecule has 0 aliphatic heterocycles. The maximum absolute atomic E-state index is 12.0. The SMILES string of the molecule is [C-]#[N+]C(C)c1ccc(C(F)(F)F)o1. The molecule has 0 aliphatic carbocycles. The van der Waals surface area contributed by atoms with Crippen molar-refractivity contribution in [2.75, 3.05) is 0 Å². The summed E-state index contributed by atoms with van der Waals surface area (Å²) in [7, 11) is 0. The van der Waals surface area contributed by atoms with Crippen LogP contribution in [0.1, 0.15) is 24.5 Å². The number of halogens is 3. The van der Waals surface area contributed by atoms with Gasteiger partial charge in [-0.15, -0.1) is 0 Å². The summed E-state index contributed by atoms with van der Waals surface area (Å²) in [6.07, 6.45) is -4.47. The maximum atomic E-state index is 12.0. The van der Waals surface area contributed by atoms with Gasteiger partial charge in [0.15, 0.2) is 5.76 Å². The van der Waals surface area contributed by atoms with Gasteiger partial charge in [0, 0.05) is 6.92 Å². The second-order valence-electron chi connectivity index (χ2n) is 2.50. The molecular formula is C8H6F3NO. The molecule has 1 rings (SSSR count). The minimum absolute atomic E-state index is 0.0438. The predicted octanol–water partition coefficient (Wildman–Crippen LogP) is 3.28. The summed E-state index contributed by atoms with van der Waals surface area (Å²) in [4.78, 5) is 3.04. The highest BCUT2D eigenvalue weighted by molar-refractivity contribution is 5.14. The van der Waals surface area contributed by atoms with Gasteiger partial charge in [-0.2, -0.15) is 13.2 Å². The lowest BCUT2D eigenvalue weighted by atomic mass is 10.3. The quantitative estimate of drug-likeness (QED) is 0.619. The molecule has 0 saturated heterocycles. The van der Waals surface area contributed by atoms with E-state index in [0.717, 1.165) is 6.07 Å². The number of nitrogens with zero attached hydrogens (tertiary/aromatic N) is 1. The number of furan rings is 1. The lowest BCUT2D eigenvalue weighted by molar-refractivity contribution is -0.153. The summed E-state index contributed by atoms with van der Waals surface area (Å²) >= 11 is 0. The van der Waals surface area contributed by atoms with E-state index < -0.39 is 18.0 Å². The zero-order valence-corrected chi connectivity index (χ0v) is 6.72. The summed E-state index contributed by atoms with van der Waals surface area (Å²) in [5.74, 6) is -1.01. The monoisotopic (exact) mass is 189 g/mol. The summed E-state index contributed by atoms with van der Waals surface area (Å²) in [6.45, 7) is 8.07. The van der Waals surface area contributed by atoms with E-state index >= 15 is 0 Å². The highest BCUT2D eigenvalue weighted by Crippen LogP contribution is 2.32. The Morgan fingerprint density at radius 3 is 2.46 bits per heavy atom. The fourth-order valence-corrected chi connectivity index (χ4v) is 0.793. The van der Waals surface area contributed by atoms with E-state index in [9.17, 15) is 13.2 Å². The Bertz CT molecular complexity index is 334. The highest BCUT2D eigenvalue weighted by Gasteiger charge is 2.35. The predicted molar refractivity (Wildman–Crippen MR) is 38.7 cm³/mol. The van der Waals surface area contributed by atoms with Crippen molar-refractivity contribution in [3.05, 3.63) is 35.1 Å². The van der Waals surface area contributed by atoms with Crippen molar-refractivity contribution < 1.29 is 17.6 Å². The van der Waals surface area contributed by atoms with Crippen molar-refractivity contribution in [1.29, 1.82) is 0 Å². The van der Waals surface area contributed by atoms with Gasteiger partial charge in [0.1, 0.15) is 0 Å². The molecule has 1 heterocycles. The maximum Gasteiger partial charge on any atom is 0.449 e. The van der Waals surface area contributed by atoms with Crippen molar-refractivity contribution in [1.82, 2.24) is 0 Å². The molecule has 0 amide bonds. The van der Waals surface area contributed by atoms with Crippen molar-refractivity contribution in [2.24, 2.45) is 0 Å². The van der Waals surface area contributed by atoms with E-state index in [1.165, 1.54) is 13.0 Å². The standard InChI is InChI=1S/C8H6F3NO/c1-5(12-2)6-3-4-7(13-6)8(9,10)11/h3-5H,1H3. The smallest absolute Gasteiger partial charge is 0.448 e. The largest absolute Gasteiger partial charge is 0.449 e. The minimum atomic E-state index is -4.47. The van der Waals surface area contributed by atoms with Crippen LogP contribution in [0.15, 0.2) is 16.5 Å².